The predicted octanol–water partition coefficient (Wildman–Crippen LogP) is 6.31. The van der Waals surface area contributed by atoms with E-state index < -0.39 is 18.9 Å². The van der Waals surface area contributed by atoms with Gasteiger partial charge in [-0.25, -0.2) is 9.65 Å². The van der Waals surface area contributed by atoms with Crippen LogP contribution in [0.15, 0.2) is 72.8 Å². The van der Waals surface area contributed by atoms with Crippen molar-refractivity contribution in [2.45, 2.75) is 32.9 Å². The van der Waals surface area contributed by atoms with E-state index in [-0.39, 0.29) is 12.5 Å². The molecule has 0 heterocycles. The fourth-order valence-corrected chi connectivity index (χ4v) is 4.76. The van der Waals surface area contributed by atoms with Crippen molar-refractivity contribution in [2.24, 2.45) is 5.92 Å². The van der Waals surface area contributed by atoms with Crippen LogP contribution in [-0.2, 0) is 20.7 Å². The highest BCUT2D eigenvalue weighted by molar-refractivity contribution is 7.84. The molecule has 30 heavy (non-hydrogen) atoms. The Morgan fingerprint density at radius 3 is 2.43 bits per heavy atom. The van der Waals surface area contributed by atoms with Gasteiger partial charge in [-0.05, 0) is 22.9 Å². The van der Waals surface area contributed by atoms with E-state index in [1.54, 1.807) is 12.1 Å². The van der Waals surface area contributed by atoms with Gasteiger partial charge in [-0.3, -0.25) is 4.79 Å². The molecule has 0 aromatic heterocycles. The highest BCUT2D eigenvalue weighted by Crippen LogP contribution is 2.50. The summed E-state index contributed by atoms with van der Waals surface area (Å²) >= 11 is 6.24. The van der Waals surface area contributed by atoms with Crippen LogP contribution in [0, 0.1) is 5.92 Å². The van der Waals surface area contributed by atoms with Gasteiger partial charge in [0.15, 0.2) is 0 Å². The number of carbonyl (C=O) groups excluding carboxylic acids is 1. The second-order valence-electron chi connectivity index (χ2n) is 7.13. The highest BCUT2D eigenvalue weighted by Gasteiger charge is 2.34. The Morgan fingerprint density at radius 1 is 1.03 bits per heavy atom. The quantitative estimate of drug-likeness (QED) is 0.308. The summed E-state index contributed by atoms with van der Waals surface area (Å²) in [6.45, 7) is 0.0702. The van der Waals surface area contributed by atoms with Crippen LogP contribution in [0.4, 0.5) is 0 Å². The largest absolute Gasteiger partial charge is 0.460 e. The lowest BCUT2D eigenvalue weighted by Gasteiger charge is -2.25. The zero-order valence-corrected chi connectivity index (χ0v) is 18.6. The molecule has 3 aromatic carbocycles. The second kappa shape index (κ2) is 10.1. The molecule has 0 fully saturated rings. The van der Waals surface area contributed by atoms with Crippen molar-refractivity contribution in [3.63, 3.8) is 0 Å². The van der Waals surface area contributed by atoms with Gasteiger partial charge in [0, 0.05) is 16.6 Å². The van der Waals surface area contributed by atoms with E-state index in [1.165, 1.54) is 0 Å². The summed E-state index contributed by atoms with van der Waals surface area (Å²) in [5.41, 5.74) is 0.870. The molecule has 0 bridgehead atoms. The zero-order chi connectivity index (χ0) is 21.6. The van der Waals surface area contributed by atoms with Gasteiger partial charge in [0.1, 0.15) is 18.4 Å². The van der Waals surface area contributed by atoms with Crippen molar-refractivity contribution in [1.29, 1.82) is 0 Å². The first-order valence-corrected chi connectivity index (χ1v) is 12.4. The SMILES string of the molecule is CC[C@H](C)[C@H](NP(=O)(Cl)Oc1cccc2ccccc12)C(=O)OCc1ccccc1. The van der Waals surface area contributed by atoms with Crippen molar-refractivity contribution >= 4 is 34.9 Å². The van der Waals surface area contributed by atoms with Gasteiger partial charge in [0.05, 0.1) is 0 Å². The summed E-state index contributed by atoms with van der Waals surface area (Å²) in [5.74, 6) is -0.286. The monoisotopic (exact) mass is 445 g/mol. The number of ether oxygens (including phenoxy) is 1. The average molecular weight is 446 g/mol. The Kier molecular flexibility index (Phi) is 7.54. The molecule has 158 valence electrons. The van der Waals surface area contributed by atoms with E-state index in [2.05, 4.69) is 5.09 Å². The number of benzene rings is 3. The third-order valence-corrected chi connectivity index (χ3v) is 6.47. The highest BCUT2D eigenvalue weighted by atomic mass is 35.7. The van der Waals surface area contributed by atoms with Gasteiger partial charge in [-0.2, -0.15) is 0 Å². The van der Waals surface area contributed by atoms with Crippen LogP contribution in [0.5, 0.6) is 5.75 Å². The van der Waals surface area contributed by atoms with Gasteiger partial charge < -0.3 is 9.26 Å². The minimum absolute atomic E-state index is 0.130. The predicted molar refractivity (Wildman–Crippen MR) is 121 cm³/mol. The third kappa shape index (κ3) is 5.85. The number of carbonyl (C=O) groups is 1. The molecule has 0 aliphatic heterocycles. The molecule has 0 aliphatic carbocycles. The first-order valence-electron chi connectivity index (χ1n) is 9.85. The topological polar surface area (TPSA) is 64.6 Å². The normalized spacial score (nSPS) is 15.2. The van der Waals surface area contributed by atoms with Crippen LogP contribution in [0.2, 0.25) is 0 Å². The maximum absolute atomic E-state index is 13.1. The van der Waals surface area contributed by atoms with E-state index in [1.807, 2.05) is 74.5 Å². The number of hydrogen-bond acceptors (Lipinski definition) is 4. The fourth-order valence-electron chi connectivity index (χ4n) is 3.06. The average Bonchev–Trinajstić information content (AvgIpc) is 2.76. The number of rotatable bonds is 9. The zero-order valence-electron chi connectivity index (χ0n) is 17.0. The molecule has 5 nitrogen and oxygen atoms in total. The number of halogens is 1. The third-order valence-electron chi connectivity index (χ3n) is 4.95. The van der Waals surface area contributed by atoms with E-state index in [4.69, 9.17) is 20.5 Å². The lowest BCUT2D eigenvalue weighted by Crippen LogP contribution is -2.41. The van der Waals surface area contributed by atoms with Crippen molar-refractivity contribution in [2.75, 3.05) is 0 Å². The number of hydrogen-bond donors (Lipinski definition) is 1. The fraction of sp³-hybridized carbons (Fsp3) is 0.261. The molecule has 0 saturated heterocycles. The molecule has 0 aliphatic rings. The smallest absolute Gasteiger partial charge is 0.409 e. The van der Waals surface area contributed by atoms with Crippen LogP contribution >= 0.6 is 18.1 Å². The summed E-state index contributed by atoms with van der Waals surface area (Å²) in [4.78, 5) is 12.7. The van der Waals surface area contributed by atoms with Gasteiger partial charge in [-0.1, -0.05) is 87.0 Å². The molecule has 1 N–H and O–H groups in total. The molecule has 0 spiro atoms. The van der Waals surface area contributed by atoms with Crippen molar-refractivity contribution in [3.05, 3.63) is 78.4 Å². The molecule has 7 heteroatoms. The first-order chi connectivity index (χ1) is 14.4. The van der Waals surface area contributed by atoms with E-state index in [0.717, 1.165) is 16.3 Å². The Balaban J connectivity index is 1.74. The minimum Gasteiger partial charge on any atom is -0.460 e. The number of esters is 1. The molecule has 3 aromatic rings. The van der Waals surface area contributed by atoms with Gasteiger partial charge in [0.25, 0.3) is 0 Å². The Labute approximate surface area is 181 Å². The standard InChI is InChI=1S/C23H25ClNO4P/c1-3-17(2)22(23(26)28-16-18-10-5-4-6-11-18)25-30(24,27)29-21-15-9-13-19-12-7-8-14-20(19)21/h4-15,17,22H,3,16H2,1-2H3,(H,25,27)/t17-,22-,30?/m0/s1. The Morgan fingerprint density at radius 2 is 1.70 bits per heavy atom. The van der Waals surface area contributed by atoms with Crippen LogP contribution in [-0.4, -0.2) is 12.0 Å². The van der Waals surface area contributed by atoms with Crippen LogP contribution < -0.4 is 9.61 Å². The molecule has 0 saturated carbocycles. The Hall–Kier alpha value is -2.33. The molecule has 0 radical (unpaired) electrons. The summed E-state index contributed by atoms with van der Waals surface area (Å²) in [5, 5.41) is 4.44. The van der Waals surface area contributed by atoms with Gasteiger partial charge in [0.2, 0.25) is 0 Å². The van der Waals surface area contributed by atoms with E-state index in [0.29, 0.717) is 12.2 Å². The number of nitrogens with one attached hydrogen (secondary N) is 1. The minimum atomic E-state index is -3.87. The maximum atomic E-state index is 13.1. The summed E-state index contributed by atoms with van der Waals surface area (Å²) in [7, 11) is 0. The Bertz CT molecular complexity index is 1040. The van der Waals surface area contributed by atoms with Gasteiger partial charge in [-0.15, -0.1) is 0 Å². The second-order valence-corrected chi connectivity index (χ2v) is 9.87. The lowest BCUT2D eigenvalue weighted by atomic mass is 10.0. The molecule has 0 amide bonds. The summed E-state index contributed by atoms with van der Waals surface area (Å²) < 4.78 is 24.2. The molecular weight excluding hydrogens is 421 g/mol. The molecule has 1 unspecified atom stereocenters. The van der Waals surface area contributed by atoms with Crippen molar-refractivity contribution in [3.8, 4) is 5.75 Å². The lowest BCUT2D eigenvalue weighted by molar-refractivity contribution is -0.148. The van der Waals surface area contributed by atoms with Gasteiger partial charge >= 0.3 is 12.8 Å². The van der Waals surface area contributed by atoms with Crippen molar-refractivity contribution < 1.29 is 18.6 Å². The number of fused-ring (bicyclic) bond motifs is 1. The summed E-state index contributed by atoms with van der Waals surface area (Å²) in [6, 6.07) is 21.5. The first kappa shape index (κ1) is 22.4. The molecule has 3 atom stereocenters. The van der Waals surface area contributed by atoms with E-state index in [9.17, 15) is 9.36 Å². The van der Waals surface area contributed by atoms with Crippen molar-refractivity contribution in [1.82, 2.24) is 5.09 Å². The maximum Gasteiger partial charge on any atom is 0.409 e. The molecular formula is C23H25ClNO4P. The van der Waals surface area contributed by atoms with Crippen LogP contribution in [0.25, 0.3) is 10.8 Å². The van der Waals surface area contributed by atoms with Crippen LogP contribution in [0.3, 0.4) is 0 Å². The molecule has 3 rings (SSSR count). The summed E-state index contributed by atoms with van der Waals surface area (Å²) in [6.07, 6.45) is 0.670. The van der Waals surface area contributed by atoms with Crippen LogP contribution in [0.1, 0.15) is 25.8 Å². The van der Waals surface area contributed by atoms with E-state index >= 15 is 0 Å².